The predicted molar refractivity (Wildman–Crippen MR) is 40.9 cm³/mol. The highest BCUT2D eigenvalue weighted by atomic mass is 32.2. The van der Waals surface area contributed by atoms with Crippen LogP contribution in [0.2, 0.25) is 0 Å². The lowest BCUT2D eigenvalue weighted by Crippen LogP contribution is -2.64. The van der Waals surface area contributed by atoms with Crippen molar-refractivity contribution >= 4 is 10.1 Å². The minimum Gasteiger partial charge on any atom is -0.743 e. The van der Waals surface area contributed by atoms with E-state index < -0.39 is 45.4 Å². The number of hydrogen-bond acceptors (Lipinski definition) is 4. The second-order valence-corrected chi connectivity index (χ2v) is 4.69. The third-order valence-electron chi connectivity index (χ3n) is 1.81. The zero-order chi connectivity index (χ0) is 18.4. The summed E-state index contributed by atoms with van der Waals surface area (Å²) in [6.07, 6.45) is -10.9. The standard InChI is InChI=1S/C6HF11O4S/c7-1(8)2(9)21-5(14,15)3(10,11)4(12,13)6(16,17)22(18,19)20/h(H,18,19,20)/p-1. The molecule has 22 heavy (non-hydrogen) atoms. The molecule has 0 amide bonds. The van der Waals surface area contributed by atoms with Crippen LogP contribution in [0.3, 0.4) is 0 Å². The predicted octanol–water partition coefficient (Wildman–Crippen LogP) is 3.04. The average Bonchev–Trinajstić information content (AvgIpc) is 2.25. The molecule has 16 heteroatoms. The fourth-order valence-electron chi connectivity index (χ4n) is 0.738. The summed E-state index contributed by atoms with van der Waals surface area (Å²) >= 11 is 0. The van der Waals surface area contributed by atoms with Gasteiger partial charge in [0.1, 0.15) is 0 Å². The monoisotopic (exact) mass is 377 g/mol. The van der Waals surface area contributed by atoms with Crippen LogP contribution in [0.4, 0.5) is 48.3 Å². The van der Waals surface area contributed by atoms with Crippen LogP contribution in [0.25, 0.3) is 0 Å². The van der Waals surface area contributed by atoms with E-state index in [9.17, 15) is 61.3 Å². The molecule has 0 aliphatic carbocycles. The summed E-state index contributed by atoms with van der Waals surface area (Å²) in [4.78, 5) is 0. The van der Waals surface area contributed by atoms with Crippen molar-refractivity contribution in [2.24, 2.45) is 0 Å². The van der Waals surface area contributed by atoms with E-state index in [1.54, 1.807) is 0 Å². The summed E-state index contributed by atoms with van der Waals surface area (Å²) in [6, 6.07) is -3.83. The van der Waals surface area contributed by atoms with Gasteiger partial charge >= 0.3 is 35.3 Å². The Bertz CT molecular complexity index is 561. The second-order valence-electron chi connectivity index (χ2n) is 3.27. The maximum atomic E-state index is 12.7. The number of halogens is 11. The van der Waals surface area contributed by atoms with Gasteiger partial charge in [-0.05, 0) is 0 Å². The summed E-state index contributed by atoms with van der Waals surface area (Å²) in [5.41, 5.74) is 0. The van der Waals surface area contributed by atoms with Gasteiger partial charge in [0, 0.05) is 0 Å². The summed E-state index contributed by atoms with van der Waals surface area (Å²) in [6.45, 7) is 0. The molecule has 0 atom stereocenters. The number of rotatable bonds is 6. The number of ether oxygens (including phenoxy) is 1. The van der Waals surface area contributed by atoms with Crippen molar-refractivity contribution in [1.29, 1.82) is 0 Å². The Hall–Kier alpha value is -1.32. The molecule has 0 heterocycles. The SMILES string of the molecule is O=S(=O)([O-])C(F)(F)C(F)(F)C(F)(F)C(F)(F)OC(F)=C(F)F. The van der Waals surface area contributed by atoms with Gasteiger partial charge in [0.05, 0.1) is 0 Å². The Morgan fingerprint density at radius 2 is 1.18 bits per heavy atom. The van der Waals surface area contributed by atoms with E-state index in [-0.39, 0.29) is 0 Å². The van der Waals surface area contributed by atoms with Crippen molar-refractivity contribution in [2.75, 3.05) is 0 Å². The topological polar surface area (TPSA) is 66.4 Å². The molecule has 0 unspecified atom stereocenters. The fraction of sp³-hybridized carbons (Fsp3) is 0.667. The molecular weight excluding hydrogens is 377 g/mol. The summed E-state index contributed by atoms with van der Waals surface area (Å²) in [5, 5.41) is -7.30. The van der Waals surface area contributed by atoms with E-state index in [0.717, 1.165) is 0 Å². The molecule has 0 spiro atoms. The zero-order valence-corrected chi connectivity index (χ0v) is 10.0. The van der Waals surface area contributed by atoms with E-state index in [0.29, 0.717) is 0 Å². The van der Waals surface area contributed by atoms with E-state index >= 15 is 0 Å². The lowest BCUT2D eigenvalue weighted by atomic mass is 10.1. The van der Waals surface area contributed by atoms with Gasteiger partial charge in [-0.3, -0.25) is 0 Å². The molecule has 0 radical (unpaired) electrons. The van der Waals surface area contributed by atoms with E-state index in [1.165, 1.54) is 0 Å². The van der Waals surface area contributed by atoms with Gasteiger partial charge in [-0.1, -0.05) is 0 Å². The lowest BCUT2D eigenvalue weighted by Gasteiger charge is -2.36. The minimum absolute atomic E-state index is 1.83. The minimum atomic E-state index is -7.64. The molecule has 0 saturated heterocycles. The van der Waals surface area contributed by atoms with Gasteiger partial charge in [-0.25, -0.2) is 8.42 Å². The first-order valence-electron chi connectivity index (χ1n) is 4.19. The molecule has 0 bridgehead atoms. The molecule has 0 aliphatic heterocycles. The van der Waals surface area contributed by atoms with Crippen molar-refractivity contribution in [3.8, 4) is 0 Å². The van der Waals surface area contributed by atoms with Gasteiger partial charge in [0.25, 0.3) is 0 Å². The Morgan fingerprint density at radius 1 is 0.818 bits per heavy atom. The molecular formula is C6F11O4S-. The van der Waals surface area contributed by atoms with Crippen LogP contribution in [-0.2, 0) is 14.9 Å². The first-order chi connectivity index (χ1) is 9.33. The van der Waals surface area contributed by atoms with Gasteiger partial charge in [-0.15, -0.1) is 0 Å². The van der Waals surface area contributed by atoms with E-state index in [2.05, 4.69) is 0 Å². The summed E-state index contributed by atoms with van der Waals surface area (Å²) < 4.78 is 167. The van der Waals surface area contributed by atoms with Gasteiger partial charge in [0.15, 0.2) is 10.1 Å². The molecule has 0 N–H and O–H groups in total. The van der Waals surface area contributed by atoms with Crippen LogP contribution >= 0.6 is 0 Å². The van der Waals surface area contributed by atoms with Crippen molar-refractivity contribution in [2.45, 2.75) is 23.2 Å². The van der Waals surface area contributed by atoms with Crippen LogP contribution in [0.1, 0.15) is 0 Å². The van der Waals surface area contributed by atoms with Crippen molar-refractivity contribution in [3.05, 3.63) is 12.1 Å². The fourth-order valence-corrected chi connectivity index (χ4v) is 1.18. The highest BCUT2D eigenvalue weighted by Gasteiger charge is 2.84. The largest absolute Gasteiger partial charge is 0.743 e. The molecule has 0 aromatic carbocycles. The molecule has 132 valence electrons. The Labute approximate surface area is 112 Å². The number of hydrogen-bond donors (Lipinski definition) is 0. The lowest BCUT2D eigenvalue weighted by molar-refractivity contribution is -0.413. The Morgan fingerprint density at radius 3 is 1.45 bits per heavy atom. The van der Waals surface area contributed by atoms with Crippen LogP contribution in [0.5, 0.6) is 0 Å². The van der Waals surface area contributed by atoms with Crippen LogP contribution in [0.15, 0.2) is 12.1 Å². The Kier molecular flexibility index (Phi) is 5.07. The van der Waals surface area contributed by atoms with Gasteiger partial charge in [-0.2, -0.15) is 48.3 Å². The summed E-state index contributed by atoms with van der Waals surface area (Å²) in [7, 11) is -7.60. The summed E-state index contributed by atoms with van der Waals surface area (Å²) in [5.74, 6) is -15.2. The third kappa shape index (κ3) is 3.06. The molecule has 0 saturated carbocycles. The zero-order valence-electron chi connectivity index (χ0n) is 9.20. The van der Waals surface area contributed by atoms with Crippen molar-refractivity contribution in [3.63, 3.8) is 0 Å². The van der Waals surface area contributed by atoms with Crippen LogP contribution in [0, 0.1) is 0 Å². The second kappa shape index (κ2) is 5.39. The van der Waals surface area contributed by atoms with Gasteiger partial charge < -0.3 is 9.29 Å². The number of alkyl halides is 8. The molecule has 0 aromatic rings. The normalized spacial score (nSPS) is 14.7. The van der Waals surface area contributed by atoms with Gasteiger partial charge in [0.2, 0.25) is 0 Å². The van der Waals surface area contributed by atoms with Crippen LogP contribution in [-0.4, -0.2) is 36.2 Å². The highest BCUT2D eigenvalue weighted by molar-refractivity contribution is 7.86. The molecule has 0 fully saturated rings. The Balaban J connectivity index is 6.06. The smallest absolute Gasteiger partial charge is 0.473 e. The van der Waals surface area contributed by atoms with E-state index in [1.807, 2.05) is 4.74 Å². The highest BCUT2D eigenvalue weighted by Crippen LogP contribution is 2.54. The maximum Gasteiger partial charge on any atom is 0.473 e. The van der Waals surface area contributed by atoms with Crippen LogP contribution < -0.4 is 0 Å². The van der Waals surface area contributed by atoms with Crippen molar-refractivity contribution < 1.29 is 66.0 Å². The third-order valence-corrected chi connectivity index (χ3v) is 2.69. The maximum absolute atomic E-state index is 12.7. The molecule has 4 nitrogen and oxygen atoms in total. The first kappa shape index (κ1) is 20.7. The first-order valence-corrected chi connectivity index (χ1v) is 5.60. The van der Waals surface area contributed by atoms with Crippen molar-refractivity contribution in [1.82, 2.24) is 0 Å². The quantitative estimate of drug-likeness (QED) is 0.406. The molecule has 0 rings (SSSR count). The van der Waals surface area contributed by atoms with E-state index in [4.69, 9.17) is 0 Å². The molecule has 0 aliphatic rings. The average molecular weight is 377 g/mol. The molecule has 0 aromatic heterocycles.